The highest BCUT2D eigenvalue weighted by atomic mass is 16.5. The third-order valence-corrected chi connectivity index (χ3v) is 5.14. The van der Waals surface area contributed by atoms with Crippen LogP contribution in [0.3, 0.4) is 0 Å². The van der Waals surface area contributed by atoms with E-state index < -0.39 is 11.9 Å². The van der Waals surface area contributed by atoms with Gasteiger partial charge in [0, 0.05) is 0 Å². The third-order valence-electron chi connectivity index (χ3n) is 5.14. The van der Waals surface area contributed by atoms with Crippen LogP contribution in [0.15, 0.2) is 47.6 Å². The molecule has 1 atom stereocenters. The van der Waals surface area contributed by atoms with Crippen molar-refractivity contribution in [3.05, 3.63) is 53.6 Å². The zero-order valence-electron chi connectivity index (χ0n) is 21.3. The van der Waals surface area contributed by atoms with Crippen LogP contribution in [-0.2, 0) is 9.59 Å². The summed E-state index contributed by atoms with van der Waals surface area (Å²) in [6.45, 7) is 8.41. The molecule has 0 aliphatic heterocycles. The van der Waals surface area contributed by atoms with E-state index in [2.05, 4.69) is 22.8 Å². The number of benzene rings is 2. The fourth-order valence-electron chi connectivity index (χ4n) is 3.26. The van der Waals surface area contributed by atoms with Gasteiger partial charge in [-0.1, -0.05) is 45.4 Å². The van der Waals surface area contributed by atoms with E-state index in [1.165, 1.54) is 6.21 Å². The monoisotopic (exact) mass is 483 g/mol. The van der Waals surface area contributed by atoms with Gasteiger partial charge in [-0.2, -0.15) is 5.10 Å². The first-order valence-electron chi connectivity index (χ1n) is 12.0. The average Bonchev–Trinajstić information content (AvgIpc) is 2.83. The Bertz CT molecular complexity index is 991. The van der Waals surface area contributed by atoms with Gasteiger partial charge in [-0.25, -0.2) is 5.43 Å². The maximum absolute atomic E-state index is 12.7. The zero-order chi connectivity index (χ0) is 25.6. The Hall–Kier alpha value is -3.55. The number of ether oxygens (including phenoxy) is 3. The largest absolute Gasteiger partial charge is 0.493 e. The van der Waals surface area contributed by atoms with Gasteiger partial charge in [0.15, 0.2) is 18.1 Å². The van der Waals surface area contributed by atoms with Crippen molar-refractivity contribution in [2.75, 3.05) is 20.3 Å². The van der Waals surface area contributed by atoms with E-state index in [9.17, 15) is 9.59 Å². The van der Waals surface area contributed by atoms with E-state index in [4.69, 9.17) is 14.2 Å². The summed E-state index contributed by atoms with van der Waals surface area (Å²) in [6.07, 6.45) is 4.00. The molecule has 0 saturated heterocycles. The molecular weight excluding hydrogens is 446 g/mol. The number of carbonyl (C=O) groups excluding carboxylic acids is 2. The molecule has 190 valence electrons. The molecule has 2 aromatic rings. The predicted molar refractivity (Wildman–Crippen MR) is 137 cm³/mol. The second-order valence-electron chi connectivity index (χ2n) is 8.65. The van der Waals surface area contributed by atoms with Crippen molar-refractivity contribution in [2.45, 2.75) is 53.0 Å². The fraction of sp³-hybridized carbons (Fsp3) is 0.444. The second kappa shape index (κ2) is 14.7. The van der Waals surface area contributed by atoms with Gasteiger partial charge < -0.3 is 19.5 Å². The van der Waals surface area contributed by atoms with Crippen molar-refractivity contribution < 1.29 is 23.8 Å². The Morgan fingerprint density at radius 3 is 2.51 bits per heavy atom. The molecule has 35 heavy (non-hydrogen) atoms. The number of aryl methyl sites for hydroxylation is 1. The summed E-state index contributed by atoms with van der Waals surface area (Å²) in [7, 11) is 1.58. The number of hydrogen-bond acceptors (Lipinski definition) is 6. The van der Waals surface area contributed by atoms with Gasteiger partial charge in [-0.15, -0.1) is 0 Å². The highest BCUT2D eigenvalue weighted by Gasteiger charge is 2.22. The number of nitrogens with zero attached hydrogens (tertiary/aromatic N) is 1. The van der Waals surface area contributed by atoms with Crippen LogP contribution in [-0.4, -0.2) is 44.4 Å². The Morgan fingerprint density at radius 1 is 1.06 bits per heavy atom. The number of methoxy groups -OCH3 is 1. The summed E-state index contributed by atoms with van der Waals surface area (Å²) in [5.41, 5.74) is 4.19. The van der Waals surface area contributed by atoms with Gasteiger partial charge in [0.05, 0.1) is 19.9 Å². The van der Waals surface area contributed by atoms with E-state index in [1.807, 2.05) is 51.1 Å². The van der Waals surface area contributed by atoms with Gasteiger partial charge in [-0.3, -0.25) is 9.59 Å². The van der Waals surface area contributed by atoms with Crippen LogP contribution in [0.25, 0.3) is 0 Å². The van der Waals surface area contributed by atoms with Crippen molar-refractivity contribution in [2.24, 2.45) is 11.0 Å². The highest BCUT2D eigenvalue weighted by Crippen LogP contribution is 2.27. The van der Waals surface area contributed by atoms with Gasteiger partial charge >= 0.3 is 0 Å². The molecule has 0 aliphatic carbocycles. The lowest BCUT2D eigenvalue weighted by molar-refractivity contribution is -0.130. The topological polar surface area (TPSA) is 98.2 Å². The summed E-state index contributed by atoms with van der Waals surface area (Å²) in [5, 5.41) is 6.81. The SMILES string of the molecule is CCCCOc1ccc(/C=N\NC(=O)[C@H](CC(C)C)NC(=O)COc2ccccc2C)cc1OC. The van der Waals surface area contributed by atoms with E-state index >= 15 is 0 Å². The average molecular weight is 484 g/mol. The summed E-state index contributed by atoms with van der Waals surface area (Å²) < 4.78 is 16.7. The molecule has 2 N–H and O–H groups in total. The number of carbonyl (C=O) groups is 2. The predicted octanol–water partition coefficient (Wildman–Crippen LogP) is 4.24. The highest BCUT2D eigenvalue weighted by molar-refractivity contribution is 5.89. The summed E-state index contributed by atoms with van der Waals surface area (Å²) in [4.78, 5) is 25.2. The van der Waals surface area contributed by atoms with Crippen LogP contribution < -0.4 is 25.0 Å². The minimum absolute atomic E-state index is 0.178. The molecule has 0 fully saturated rings. The third kappa shape index (κ3) is 9.68. The van der Waals surface area contributed by atoms with Crippen molar-refractivity contribution in [3.8, 4) is 17.2 Å². The molecule has 0 aromatic heterocycles. The van der Waals surface area contributed by atoms with Crippen molar-refractivity contribution in [1.29, 1.82) is 0 Å². The van der Waals surface area contributed by atoms with Crippen LogP contribution in [0.5, 0.6) is 17.2 Å². The first-order valence-corrected chi connectivity index (χ1v) is 12.0. The van der Waals surface area contributed by atoms with Crippen LogP contribution in [0.4, 0.5) is 0 Å². The number of hydrazone groups is 1. The summed E-state index contributed by atoms with van der Waals surface area (Å²) >= 11 is 0. The molecule has 0 saturated carbocycles. The molecule has 0 unspecified atom stereocenters. The number of hydrogen-bond donors (Lipinski definition) is 2. The summed E-state index contributed by atoms with van der Waals surface area (Å²) in [6, 6.07) is 12.1. The van der Waals surface area contributed by atoms with Crippen LogP contribution in [0, 0.1) is 12.8 Å². The number of amides is 2. The van der Waals surface area contributed by atoms with E-state index in [0.29, 0.717) is 30.3 Å². The maximum Gasteiger partial charge on any atom is 0.262 e. The minimum Gasteiger partial charge on any atom is -0.493 e. The Kier molecular flexibility index (Phi) is 11.6. The summed E-state index contributed by atoms with van der Waals surface area (Å²) in [5.74, 6) is 1.31. The zero-order valence-corrected chi connectivity index (χ0v) is 21.3. The van der Waals surface area contributed by atoms with E-state index in [0.717, 1.165) is 24.0 Å². The van der Waals surface area contributed by atoms with Crippen molar-refractivity contribution in [1.82, 2.24) is 10.7 Å². The molecule has 0 spiro atoms. The molecule has 0 heterocycles. The van der Waals surface area contributed by atoms with Crippen molar-refractivity contribution in [3.63, 3.8) is 0 Å². The minimum atomic E-state index is -0.732. The Balaban J connectivity index is 1.95. The number of nitrogens with one attached hydrogen (secondary N) is 2. The Morgan fingerprint density at radius 2 is 1.83 bits per heavy atom. The molecule has 2 rings (SSSR count). The van der Waals surface area contributed by atoms with Crippen LogP contribution in [0.2, 0.25) is 0 Å². The fourth-order valence-corrected chi connectivity index (χ4v) is 3.26. The normalized spacial score (nSPS) is 11.8. The van der Waals surface area contributed by atoms with Gasteiger partial charge in [0.2, 0.25) is 0 Å². The smallest absolute Gasteiger partial charge is 0.262 e. The first kappa shape index (κ1) is 27.7. The van der Waals surface area contributed by atoms with Gasteiger partial charge in [0.1, 0.15) is 11.8 Å². The lowest BCUT2D eigenvalue weighted by Crippen LogP contribution is -2.47. The van der Waals surface area contributed by atoms with E-state index in [1.54, 1.807) is 19.2 Å². The molecular formula is C27H37N3O5. The lowest BCUT2D eigenvalue weighted by atomic mass is 10.0. The number of rotatable bonds is 14. The van der Waals surface area contributed by atoms with Gasteiger partial charge in [-0.05, 0) is 61.1 Å². The second-order valence-corrected chi connectivity index (χ2v) is 8.65. The van der Waals surface area contributed by atoms with Gasteiger partial charge in [0.25, 0.3) is 11.8 Å². The maximum atomic E-state index is 12.7. The van der Waals surface area contributed by atoms with Crippen LogP contribution in [0.1, 0.15) is 51.2 Å². The van der Waals surface area contributed by atoms with E-state index in [-0.39, 0.29) is 18.4 Å². The standard InChI is InChI=1S/C27H37N3O5/c1-6-7-14-34-24-13-12-21(16-25(24)33-5)17-28-30-27(32)22(15-19(2)3)29-26(31)18-35-23-11-9-8-10-20(23)4/h8-13,16-17,19,22H,6-7,14-15,18H2,1-5H3,(H,29,31)(H,30,32)/b28-17-/t22-/m0/s1. The quantitative estimate of drug-likeness (QED) is 0.238. The molecule has 2 aromatic carbocycles. The van der Waals surface area contributed by atoms with Crippen LogP contribution >= 0.6 is 0 Å². The number of para-hydroxylation sites is 1. The Labute approximate surface area is 208 Å². The molecule has 0 aliphatic rings. The molecule has 8 heteroatoms. The van der Waals surface area contributed by atoms with Crippen molar-refractivity contribution >= 4 is 18.0 Å². The molecule has 2 amide bonds. The first-order chi connectivity index (χ1) is 16.8. The number of unbranched alkanes of at least 4 members (excludes halogenated alkanes) is 1. The molecule has 0 bridgehead atoms. The lowest BCUT2D eigenvalue weighted by Gasteiger charge is -2.19. The molecule has 0 radical (unpaired) electrons. The molecule has 8 nitrogen and oxygen atoms in total.